The summed E-state index contributed by atoms with van der Waals surface area (Å²) in [5.41, 5.74) is 1.02. The highest BCUT2D eigenvalue weighted by atomic mass is 16.4. The molecule has 2 N–H and O–H groups in total. The highest BCUT2D eigenvalue weighted by Gasteiger charge is 2.21. The molecule has 1 saturated heterocycles. The van der Waals surface area contributed by atoms with Gasteiger partial charge >= 0.3 is 5.97 Å². The Balaban J connectivity index is 0.000000249. The molecule has 0 bridgehead atoms. The van der Waals surface area contributed by atoms with Crippen LogP contribution in [0.3, 0.4) is 0 Å². The van der Waals surface area contributed by atoms with Crippen molar-refractivity contribution in [2.24, 2.45) is 0 Å². The summed E-state index contributed by atoms with van der Waals surface area (Å²) in [5.74, 6) is -0.745. The molecule has 1 aliphatic heterocycles. The molecule has 0 aliphatic carbocycles. The predicted octanol–water partition coefficient (Wildman–Crippen LogP) is 1.52. The maximum absolute atomic E-state index is 9.69. The Hall–Kier alpha value is -1.39. The first kappa shape index (κ1) is 13.7. The number of hydrogen-bond acceptors (Lipinski definition) is 3. The zero-order chi connectivity index (χ0) is 12.7. The summed E-state index contributed by atoms with van der Waals surface area (Å²) in [6, 6.07) is 9.82. The second kappa shape index (κ2) is 7.04. The van der Waals surface area contributed by atoms with Crippen LogP contribution in [0.2, 0.25) is 0 Å². The number of benzene rings is 1. The molecule has 4 heteroatoms. The molecule has 1 unspecified atom stereocenters. The van der Waals surface area contributed by atoms with E-state index in [1.807, 2.05) is 30.3 Å². The lowest BCUT2D eigenvalue weighted by molar-refractivity contribution is -0.136. The SMILES string of the molecule is CCC(=O)O.OC(CN1CC1)c1ccccc1. The van der Waals surface area contributed by atoms with Gasteiger partial charge in [0.05, 0.1) is 6.10 Å². The molecule has 1 fully saturated rings. The van der Waals surface area contributed by atoms with Gasteiger partial charge in [0.1, 0.15) is 0 Å². The van der Waals surface area contributed by atoms with Crippen molar-refractivity contribution in [3.05, 3.63) is 35.9 Å². The molecule has 4 nitrogen and oxygen atoms in total. The Labute approximate surface area is 101 Å². The van der Waals surface area contributed by atoms with E-state index in [1.54, 1.807) is 6.92 Å². The molecule has 1 aromatic carbocycles. The zero-order valence-corrected chi connectivity index (χ0v) is 10.0. The number of nitrogens with zero attached hydrogens (tertiary/aromatic N) is 1. The molecule has 0 radical (unpaired) electrons. The van der Waals surface area contributed by atoms with Crippen molar-refractivity contribution in [3.63, 3.8) is 0 Å². The molecule has 1 atom stereocenters. The molecule has 17 heavy (non-hydrogen) atoms. The van der Waals surface area contributed by atoms with Gasteiger partial charge in [-0.25, -0.2) is 0 Å². The van der Waals surface area contributed by atoms with Gasteiger partial charge in [-0.3, -0.25) is 9.69 Å². The van der Waals surface area contributed by atoms with Crippen molar-refractivity contribution < 1.29 is 15.0 Å². The number of rotatable bonds is 4. The van der Waals surface area contributed by atoms with Gasteiger partial charge in [-0.05, 0) is 5.56 Å². The van der Waals surface area contributed by atoms with E-state index in [2.05, 4.69) is 4.90 Å². The van der Waals surface area contributed by atoms with Crippen molar-refractivity contribution in [2.45, 2.75) is 19.4 Å². The van der Waals surface area contributed by atoms with Crippen LogP contribution in [0.15, 0.2) is 30.3 Å². The maximum Gasteiger partial charge on any atom is 0.303 e. The van der Waals surface area contributed by atoms with E-state index in [-0.39, 0.29) is 12.5 Å². The van der Waals surface area contributed by atoms with Gasteiger partial charge in [0.15, 0.2) is 0 Å². The maximum atomic E-state index is 9.69. The van der Waals surface area contributed by atoms with Crippen LogP contribution in [0.25, 0.3) is 0 Å². The smallest absolute Gasteiger partial charge is 0.303 e. The predicted molar refractivity (Wildman–Crippen MR) is 65.8 cm³/mol. The van der Waals surface area contributed by atoms with E-state index < -0.39 is 5.97 Å². The van der Waals surface area contributed by atoms with Crippen LogP contribution < -0.4 is 0 Å². The fourth-order valence-electron chi connectivity index (χ4n) is 1.28. The number of carboxylic acid groups (broad SMARTS) is 1. The number of aliphatic carboxylic acids is 1. The average molecular weight is 237 g/mol. The second-order valence-electron chi connectivity index (χ2n) is 3.97. The molecule has 1 aromatic rings. The summed E-state index contributed by atoms with van der Waals surface area (Å²) in [4.78, 5) is 11.6. The lowest BCUT2D eigenvalue weighted by Crippen LogP contribution is -2.10. The number of β-amino-alcohol motifs (C(OH)–C–C–N with tert-alkyl or cyclic N) is 1. The van der Waals surface area contributed by atoms with E-state index in [4.69, 9.17) is 5.11 Å². The Morgan fingerprint density at radius 2 is 1.88 bits per heavy atom. The molecule has 2 rings (SSSR count). The Morgan fingerprint density at radius 3 is 2.29 bits per heavy atom. The molecule has 1 heterocycles. The first-order valence-electron chi connectivity index (χ1n) is 5.80. The Morgan fingerprint density at radius 1 is 1.35 bits per heavy atom. The highest BCUT2D eigenvalue weighted by molar-refractivity contribution is 5.66. The monoisotopic (exact) mass is 237 g/mol. The van der Waals surface area contributed by atoms with Crippen LogP contribution in [-0.4, -0.2) is 40.7 Å². The van der Waals surface area contributed by atoms with E-state index in [1.165, 1.54) is 0 Å². The number of carboxylic acids is 1. The second-order valence-corrected chi connectivity index (χ2v) is 3.97. The van der Waals surface area contributed by atoms with E-state index >= 15 is 0 Å². The van der Waals surface area contributed by atoms with Crippen molar-refractivity contribution in [1.29, 1.82) is 0 Å². The minimum Gasteiger partial charge on any atom is -0.481 e. The number of carbonyl (C=O) groups is 1. The fourth-order valence-corrected chi connectivity index (χ4v) is 1.28. The van der Waals surface area contributed by atoms with Crippen LogP contribution in [0.4, 0.5) is 0 Å². The topological polar surface area (TPSA) is 60.5 Å². The summed E-state index contributed by atoms with van der Waals surface area (Å²) in [7, 11) is 0. The summed E-state index contributed by atoms with van der Waals surface area (Å²) in [5, 5.41) is 17.4. The molecule has 0 amide bonds. The summed E-state index contributed by atoms with van der Waals surface area (Å²) >= 11 is 0. The number of aliphatic hydroxyl groups excluding tert-OH is 1. The van der Waals surface area contributed by atoms with Gasteiger partial charge in [0, 0.05) is 26.1 Å². The zero-order valence-electron chi connectivity index (χ0n) is 10.0. The highest BCUT2D eigenvalue weighted by Crippen LogP contribution is 2.16. The first-order valence-corrected chi connectivity index (χ1v) is 5.80. The first-order chi connectivity index (χ1) is 8.13. The normalized spacial score (nSPS) is 15.6. The van der Waals surface area contributed by atoms with Gasteiger partial charge in [0.2, 0.25) is 0 Å². The standard InChI is InChI=1S/C10H13NO.C3H6O2/c12-10(8-11-6-7-11)9-4-2-1-3-5-9;1-2-3(4)5/h1-5,10,12H,6-8H2;2H2,1H3,(H,4,5). The van der Waals surface area contributed by atoms with Crippen molar-refractivity contribution in [2.75, 3.05) is 19.6 Å². The number of hydrogen-bond donors (Lipinski definition) is 2. The third-order valence-corrected chi connectivity index (χ3v) is 2.46. The third kappa shape index (κ3) is 6.04. The van der Waals surface area contributed by atoms with Gasteiger partial charge in [-0.1, -0.05) is 37.3 Å². The van der Waals surface area contributed by atoms with E-state index in [9.17, 15) is 9.90 Å². The molecule has 94 valence electrons. The summed E-state index contributed by atoms with van der Waals surface area (Å²) < 4.78 is 0. The van der Waals surface area contributed by atoms with Crippen molar-refractivity contribution in [3.8, 4) is 0 Å². The van der Waals surface area contributed by atoms with E-state index in [0.29, 0.717) is 0 Å². The van der Waals surface area contributed by atoms with Crippen LogP contribution in [0.5, 0.6) is 0 Å². The van der Waals surface area contributed by atoms with Crippen LogP contribution in [0, 0.1) is 0 Å². The molecular formula is C13H19NO3. The number of aliphatic hydroxyl groups is 1. The Kier molecular flexibility index (Phi) is 5.66. The van der Waals surface area contributed by atoms with Gasteiger partial charge < -0.3 is 10.2 Å². The fraction of sp³-hybridized carbons (Fsp3) is 0.462. The largest absolute Gasteiger partial charge is 0.481 e. The minimum atomic E-state index is -0.745. The van der Waals surface area contributed by atoms with Gasteiger partial charge in [0.25, 0.3) is 0 Å². The van der Waals surface area contributed by atoms with E-state index in [0.717, 1.165) is 25.2 Å². The molecule has 0 saturated carbocycles. The van der Waals surface area contributed by atoms with Crippen LogP contribution in [-0.2, 0) is 4.79 Å². The quantitative estimate of drug-likeness (QED) is 0.779. The molecule has 0 aromatic heterocycles. The van der Waals surface area contributed by atoms with Crippen LogP contribution >= 0.6 is 0 Å². The Bertz CT molecular complexity index is 336. The molecular weight excluding hydrogens is 218 g/mol. The van der Waals surface area contributed by atoms with Crippen molar-refractivity contribution >= 4 is 5.97 Å². The van der Waals surface area contributed by atoms with Crippen LogP contribution in [0.1, 0.15) is 25.0 Å². The van der Waals surface area contributed by atoms with Crippen molar-refractivity contribution in [1.82, 2.24) is 4.90 Å². The molecule has 0 spiro atoms. The lowest BCUT2D eigenvalue weighted by Gasteiger charge is -2.10. The van der Waals surface area contributed by atoms with Gasteiger partial charge in [-0.15, -0.1) is 0 Å². The lowest BCUT2D eigenvalue weighted by atomic mass is 10.1. The third-order valence-electron chi connectivity index (χ3n) is 2.46. The van der Waals surface area contributed by atoms with Gasteiger partial charge in [-0.2, -0.15) is 0 Å². The average Bonchev–Trinajstić information content (AvgIpc) is 3.15. The minimum absolute atomic E-state index is 0.222. The summed E-state index contributed by atoms with van der Waals surface area (Å²) in [6.07, 6.45) is -0.0892. The molecule has 1 aliphatic rings. The summed E-state index contributed by atoms with van der Waals surface area (Å²) in [6.45, 7) is 4.67.